The fourth-order valence-corrected chi connectivity index (χ4v) is 5.56. The number of thioether (sulfide) groups is 2. The quantitative estimate of drug-likeness (QED) is 0.569. The number of nitro benzene ring substituents is 1. The van der Waals surface area contributed by atoms with Crippen molar-refractivity contribution in [3.63, 3.8) is 0 Å². The van der Waals surface area contributed by atoms with Crippen LogP contribution >= 0.6 is 23.5 Å². The third-order valence-corrected chi connectivity index (χ3v) is 7.36. The minimum Gasteiger partial charge on any atom is -0.335 e. The van der Waals surface area contributed by atoms with Crippen LogP contribution in [0.2, 0.25) is 0 Å². The molecule has 136 valence electrons. The molecule has 1 atom stereocenters. The Labute approximate surface area is 158 Å². The maximum atomic E-state index is 12.0. The summed E-state index contributed by atoms with van der Waals surface area (Å²) in [7, 11) is 1.81. The average Bonchev–Trinajstić information content (AvgIpc) is 3.10. The first-order valence-electron chi connectivity index (χ1n) is 7.65. The predicted molar refractivity (Wildman–Crippen MR) is 103 cm³/mol. The molecule has 1 aromatic carbocycles. The van der Waals surface area contributed by atoms with E-state index in [0.29, 0.717) is 10.6 Å². The molecule has 0 bridgehead atoms. The lowest BCUT2D eigenvalue weighted by Crippen LogP contribution is -2.47. The van der Waals surface area contributed by atoms with Crippen molar-refractivity contribution in [3.05, 3.63) is 45.0 Å². The summed E-state index contributed by atoms with van der Waals surface area (Å²) in [6.07, 6.45) is 0. The summed E-state index contributed by atoms with van der Waals surface area (Å²) in [6, 6.07) is 6.06. The van der Waals surface area contributed by atoms with Crippen LogP contribution in [0.25, 0.3) is 0 Å². The zero-order valence-electron chi connectivity index (χ0n) is 14.5. The van der Waals surface area contributed by atoms with Gasteiger partial charge in [0, 0.05) is 31.8 Å². The maximum Gasteiger partial charge on any atom is 0.271 e. The van der Waals surface area contributed by atoms with Crippen LogP contribution in [0.5, 0.6) is 0 Å². The molecular formula is C16H16N4O4S2. The number of nitrogens with zero attached hydrogens (tertiary/aromatic N) is 4. The predicted octanol–water partition coefficient (Wildman–Crippen LogP) is 3.16. The van der Waals surface area contributed by atoms with Gasteiger partial charge in [0.2, 0.25) is 4.33 Å². The summed E-state index contributed by atoms with van der Waals surface area (Å²) < 4.78 is -0.915. The number of Topliss-reactive ketones (excluding diaryl/α,β-unsaturated/α-hetero) is 2. The van der Waals surface area contributed by atoms with Crippen molar-refractivity contribution in [2.45, 2.75) is 25.1 Å². The number of hydrogen-bond donors (Lipinski definition) is 0. The molecule has 0 aliphatic carbocycles. The number of ketones is 2. The van der Waals surface area contributed by atoms with Gasteiger partial charge in [-0.2, -0.15) is 5.10 Å². The molecule has 2 aliphatic rings. The second-order valence-electron chi connectivity index (χ2n) is 5.83. The lowest BCUT2D eigenvalue weighted by atomic mass is 10.2. The lowest BCUT2D eigenvalue weighted by molar-refractivity contribution is -0.384. The fraction of sp³-hybridized carbons (Fsp3) is 0.312. The topological polar surface area (TPSA) is 96.1 Å². The highest BCUT2D eigenvalue weighted by Crippen LogP contribution is 2.58. The van der Waals surface area contributed by atoms with E-state index < -0.39 is 9.25 Å². The summed E-state index contributed by atoms with van der Waals surface area (Å²) in [5, 5.41) is 17.4. The normalized spacial score (nSPS) is 22.2. The Morgan fingerprint density at radius 3 is 2.46 bits per heavy atom. The number of non-ortho nitro benzene ring substituents is 1. The highest BCUT2D eigenvalue weighted by atomic mass is 32.2. The molecule has 0 unspecified atom stereocenters. The van der Waals surface area contributed by atoms with Gasteiger partial charge in [-0.3, -0.25) is 19.7 Å². The Hall–Kier alpha value is -2.33. The molecular weight excluding hydrogens is 376 g/mol. The van der Waals surface area contributed by atoms with E-state index in [0.717, 1.165) is 5.70 Å². The molecule has 0 saturated heterocycles. The number of allylic oxidation sites excluding steroid dienone is 2. The van der Waals surface area contributed by atoms with Gasteiger partial charge in [0.05, 0.1) is 15.5 Å². The van der Waals surface area contributed by atoms with E-state index in [9.17, 15) is 19.7 Å². The van der Waals surface area contributed by atoms with E-state index in [1.165, 1.54) is 49.5 Å². The highest BCUT2D eigenvalue weighted by Gasteiger charge is 2.55. The second-order valence-corrected chi connectivity index (χ2v) is 8.43. The summed E-state index contributed by atoms with van der Waals surface area (Å²) in [4.78, 5) is 37.1. The van der Waals surface area contributed by atoms with E-state index in [2.05, 4.69) is 5.10 Å². The standard InChI is InChI=1S/C16H16N4O4S2/c1-9-14(10(2)21)25-16(18(9)4)19(17-15(26-16)11(3)22)12-6-5-7-13(8-12)20(23)24/h5-8H,1-4H3/t16-/m1/s1. The summed E-state index contributed by atoms with van der Waals surface area (Å²) in [6.45, 7) is 4.74. The van der Waals surface area contributed by atoms with Crippen molar-refractivity contribution >= 4 is 51.5 Å². The Balaban J connectivity index is 2.12. The molecule has 0 N–H and O–H groups in total. The number of anilines is 1. The Kier molecular flexibility index (Phi) is 4.57. The molecule has 0 aromatic heterocycles. The van der Waals surface area contributed by atoms with Crippen LogP contribution in [-0.4, -0.2) is 37.8 Å². The average molecular weight is 392 g/mol. The maximum absolute atomic E-state index is 12.0. The summed E-state index contributed by atoms with van der Waals surface area (Å²) >= 11 is 2.52. The molecule has 1 aromatic rings. The van der Waals surface area contributed by atoms with E-state index in [-0.39, 0.29) is 22.3 Å². The Bertz CT molecular complexity index is 898. The molecule has 1 spiro atoms. The number of carbonyl (C=O) groups excluding carboxylic acids is 2. The lowest BCUT2D eigenvalue weighted by Gasteiger charge is -2.39. The second kappa shape index (κ2) is 6.44. The molecule has 3 rings (SSSR count). The first kappa shape index (κ1) is 18.5. The van der Waals surface area contributed by atoms with Gasteiger partial charge in [-0.15, -0.1) is 0 Å². The van der Waals surface area contributed by atoms with Crippen LogP contribution in [0.3, 0.4) is 0 Å². The number of hydrazone groups is 1. The number of carbonyl (C=O) groups is 2. The minimum atomic E-state index is -0.915. The fourth-order valence-electron chi connectivity index (χ4n) is 2.69. The van der Waals surface area contributed by atoms with Crippen LogP contribution in [0.4, 0.5) is 11.4 Å². The zero-order valence-corrected chi connectivity index (χ0v) is 16.2. The molecule has 2 aliphatic heterocycles. The van der Waals surface area contributed by atoms with Gasteiger partial charge in [-0.05, 0) is 31.7 Å². The Morgan fingerprint density at radius 2 is 1.92 bits per heavy atom. The third-order valence-electron chi connectivity index (χ3n) is 4.08. The van der Waals surface area contributed by atoms with Crippen molar-refractivity contribution in [2.75, 3.05) is 12.1 Å². The van der Waals surface area contributed by atoms with Gasteiger partial charge >= 0.3 is 0 Å². The van der Waals surface area contributed by atoms with E-state index in [1.807, 2.05) is 18.9 Å². The smallest absolute Gasteiger partial charge is 0.271 e. The summed E-state index contributed by atoms with van der Waals surface area (Å²) in [5.74, 6) is -0.280. The van der Waals surface area contributed by atoms with Crippen LogP contribution in [0.1, 0.15) is 20.8 Å². The van der Waals surface area contributed by atoms with Crippen molar-refractivity contribution in [3.8, 4) is 0 Å². The van der Waals surface area contributed by atoms with Gasteiger partial charge in [-0.1, -0.05) is 17.8 Å². The van der Waals surface area contributed by atoms with Gasteiger partial charge in [0.25, 0.3) is 5.69 Å². The van der Waals surface area contributed by atoms with Crippen molar-refractivity contribution in [2.24, 2.45) is 5.10 Å². The first-order valence-corrected chi connectivity index (χ1v) is 9.28. The molecule has 0 radical (unpaired) electrons. The van der Waals surface area contributed by atoms with Gasteiger partial charge in [0.1, 0.15) is 0 Å². The van der Waals surface area contributed by atoms with Crippen molar-refractivity contribution in [1.29, 1.82) is 0 Å². The highest BCUT2D eigenvalue weighted by molar-refractivity contribution is 8.28. The molecule has 0 fully saturated rings. The number of nitro groups is 1. The zero-order chi connectivity index (χ0) is 19.2. The SMILES string of the molecule is CC(=O)C1=NN(c2cccc([N+](=O)[O-])c2)[C@@]2(S1)SC(C(C)=O)=C(C)N2C. The number of benzene rings is 1. The third kappa shape index (κ3) is 2.78. The van der Waals surface area contributed by atoms with E-state index >= 15 is 0 Å². The van der Waals surface area contributed by atoms with E-state index in [1.54, 1.807) is 17.1 Å². The van der Waals surface area contributed by atoms with Gasteiger partial charge in [0.15, 0.2) is 16.6 Å². The largest absolute Gasteiger partial charge is 0.335 e. The van der Waals surface area contributed by atoms with Crippen molar-refractivity contribution < 1.29 is 14.5 Å². The van der Waals surface area contributed by atoms with Crippen molar-refractivity contribution in [1.82, 2.24) is 4.90 Å². The minimum absolute atomic E-state index is 0.0729. The molecule has 0 saturated carbocycles. The molecule has 8 nitrogen and oxygen atoms in total. The molecule has 26 heavy (non-hydrogen) atoms. The Morgan fingerprint density at radius 1 is 1.23 bits per heavy atom. The molecule has 10 heteroatoms. The van der Waals surface area contributed by atoms with Crippen LogP contribution in [-0.2, 0) is 9.59 Å². The first-order chi connectivity index (χ1) is 12.2. The number of rotatable bonds is 4. The molecule has 0 amide bonds. The monoisotopic (exact) mass is 392 g/mol. The number of hydrogen-bond acceptors (Lipinski definition) is 9. The van der Waals surface area contributed by atoms with Crippen LogP contribution in [0.15, 0.2) is 40.0 Å². The molecule has 2 heterocycles. The van der Waals surface area contributed by atoms with E-state index in [4.69, 9.17) is 0 Å². The summed E-state index contributed by atoms with van der Waals surface area (Å²) in [5.41, 5.74) is 1.17. The van der Waals surface area contributed by atoms with Gasteiger partial charge < -0.3 is 4.90 Å². The van der Waals surface area contributed by atoms with Gasteiger partial charge in [-0.25, -0.2) is 5.01 Å². The van der Waals surface area contributed by atoms with Crippen LogP contribution < -0.4 is 5.01 Å². The van der Waals surface area contributed by atoms with Crippen LogP contribution in [0, 0.1) is 10.1 Å².